The number of anilines is 1. The van der Waals surface area contributed by atoms with Gasteiger partial charge in [-0.25, -0.2) is 4.98 Å². The molecule has 0 spiro atoms. The second-order valence-electron chi connectivity index (χ2n) is 5.86. The molecular weight excluding hydrogens is 270 g/mol. The summed E-state index contributed by atoms with van der Waals surface area (Å²) < 4.78 is 0. The molecule has 0 aromatic carbocycles. The van der Waals surface area contributed by atoms with Crippen molar-refractivity contribution in [2.75, 3.05) is 36.0 Å². The van der Waals surface area contributed by atoms with Crippen LogP contribution in [0.1, 0.15) is 19.3 Å². The highest BCUT2D eigenvalue weighted by atomic mass is 32.2. The Labute approximate surface area is 125 Å². The fourth-order valence-electron chi connectivity index (χ4n) is 2.92. The molecule has 2 N–H and O–H groups in total. The molecule has 4 nitrogen and oxygen atoms in total. The second kappa shape index (κ2) is 6.33. The molecule has 2 aliphatic rings. The minimum absolute atomic E-state index is 0.469. The monoisotopic (exact) mass is 293 g/mol. The van der Waals surface area contributed by atoms with Gasteiger partial charge in [-0.2, -0.15) is 11.8 Å². The fraction of sp³-hybridized carbons (Fsp3) is 0.667. The predicted octanol–water partition coefficient (Wildman–Crippen LogP) is 1.51. The highest BCUT2D eigenvalue weighted by Crippen LogP contribution is 2.27. The minimum atomic E-state index is -0.469. The van der Waals surface area contributed by atoms with Crippen molar-refractivity contribution in [1.29, 1.82) is 0 Å². The quantitative estimate of drug-likeness (QED) is 0.881. The number of pyridine rings is 1. The number of hydrogen-bond donors (Lipinski definition) is 2. The number of aliphatic hydroxyl groups is 1. The molecule has 110 valence electrons. The van der Waals surface area contributed by atoms with E-state index in [1.165, 1.54) is 0 Å². The first-order valence-corrected chi connectivity index (χ1v) is 8.60. The van der Waals surface area contributed by atoms with Gasteiger partial charge < -0.3 is 15.3 Å². The van der Waals surface area contributed by atoms with Crippen molar-refractivity contribution in [3.63, 3.8) is 0 Å². The number of thioether (sulfide) groups is 1. The number of nitrogens with one attached hydrogen (secondary N) is 1. The summed E-state index contributed by atoms with van der Waals surface area (Å²) in [5, 5.41) is 13.9. The van der Waals surface area contributed by atoms with Gasteiger partial charge in [0, 0.05) is 37.6 Å². The Kier molecular flexibility index (Phi) is 4.48. The van der Waals surface area contributed by atoms with Gasteiger partial charge in [-0.1, -0.05) is 6.07 Å². The maximum Gasteiger partial charge on any atom is 0.128 e. The van der Waals surface area contributed by atoms with Crippen molar-refractivity contribution < 1.29 is 5.11 Å². The third-order valence-electron chi connectivity index (χ3n) is 4.27. The van der Waals surface area contributed by atoms with Crippen LogP contribution in [-0.4, -0.2) is 52.9 Å². The lowest BCUT2D eigenvalue weighted by Crippen LogP contribution is -2.48. The normalized spacial score (nSPS) is 27.9. The van der Waals surface area contributed by atoms with Crippen molar-refractivity contribution in [3.05, 3.63) is 24.4 Å². The van der Waals surface area contributed by atoms with Crippen LogP contribution in [0.25, 0.3) is 0 Å². The van der Waals surface area contributed by atoms with Crippen LogP contribution in [0.15, 0.2) is 24.4 Å². The zero-order chi connectivity index (χ0) is 13.8. The molecule has 0 amide bonds. The van der Waals surface area contributed by atoms with E-state index < -0.39 is 5.60 Å². The van der Waals surface area contributed by atoms with E-state index in [1.807, 2.05) is 30.1 Å². The standard InChI is InChI=1S/C15H23N3OS/c19-15(6-10-20-12-15)11-17-13-4-8-18(9-5-13)14-3-1-2-7-16-14/h1-3,7,13,17,19H,4-6,8-12H2. The molecule has 2 saturated heterocycles. The maximum absolute atomic E-state index is 10.3. The van der Waals surface area contributed by atoms with E-state index in [9.17, 15) is 5.11 Å². The van der Waals surface area contributed by atoms with Gasteiger partial charge in [-0.15, -0.1) is 0 Å². The number of nitrogens with zero attached hydrogens (tertiary/aromatic N) is 2. The summed E-state index contributed by atoms with van der Waals surface area (Å²) in [4.78, 5) is 6.76. The lowest BCUT2D eigenvalue weighted by atomic mass is 10.0. The highest BCUT2D eigenvalue weighted by Gasteiger charge is 2.32. The third kappa shape index (κ3) is 3.45. The summed E-state index contributed by atoms with van der Waals surface area (Å²) in [5.74, 6) is 3.06. The molecule has 2 aliphatic heterocycles. The SMILES string of the molecule is OC1(CNC2CCN(c3ccccn3)CC2)CCSC1. The largest absolute Gasteiger partial charge is 0.388 e. The third-order valence-corrected chi connectivity index (χ3v) is 5.50. The van der Waals surface area contributed by atoms with Crippen LogP contribution in [0.2, 0.25) is 0 Å². The molecule has 1 aromatic rings. The summed E-state index contributed by atoms with van der Waals surface area (Å²) in [5.41, 5.74) is -0.469. The molecule has 3 rings (SSSR count). The smallest absolute Gasteiger partial charge is 0.128 e. The Hall–Kier alpha value is -0.780. The predicted molar refractivity (Wildman–Crippen MR) is 84.4 cm³/mol. The van der Waals surface area contributed by atoms with Gasteiger partial charge >= 0.3 is 0 Å². The zero-order valence-corrected chi connectivity index (χ0v) is 12.6. The van der Waals surface area contributed by atoms with Crippen molar-refractivity contribution >= 4 is 17.6 Å². The van der Waals surface area contributed by atoms with Crippen LogP contribution in [-0.2, 0) is 0 Å². The molecule has 3 heterocycles. The average molecular weight is 293 g/mol. The molecule has 0 radical (unpaired) electrons. The lowest BCUT2D eigenvalue weighted by molar-refractivity contribution is 0.0635. The van der Waals surface area contributed by atoms with E-state index in [4.69, 9.17) is 0 Å². The molecule has 5 heteroatoms. The van der Waals surface area contributed by atoms with Gasteiger partial charge in [0.15, 0.2) is 0 Å². The van der Waals surface area contributed by atoms with Crippen LogP contribution >= 0.6 is 11.8 Å². The number of rotatable bonds is 4. The molecule has 2 fully saturated rings. The molecule has 0 saturated carbocycles. The number of hydrogen-bond acceptors (Lipinski definition) is 5. The van der Waals surface area contributed by atoms with Crippen molar-refractivity contribution in [3.8, 4) is 0 Å². The average Bonchev–Trinajstić information content (AvgIpc) is 2.94. The molecule has 1 aromatic heterocycles. The topological polar surface area (TPSA) is 48.4 Å². The summed E-state index contributed by atoms with van der Waals surface area (Å²) in [7, 11) is 0. The molecule has 1 atom stereocenters. The molecule has 20 heavy (non-hydrogen) atoms. The number of piperidine rings is 1. The van der Waals surface area contributed by atoms with Crippen LogP contribution in [0, 0.1) is 0 Å². The van der Waals surface area contributed by atoms with Crippen LogP contribution in [0.5, 0.6) is 0 Å². The van der Waals surface area contributed by atoms with Gasteiger partial charge in [0.1, 0.15) is 5.82 Å². The van der Waals surface area contributed by atoms with E-state index in [0.717, 1.165) is 56.2 Å². The minimum Gasteiger partial charge on any atom is -0.388 e. The van der Waals surface area contributed by atoms with Crippen molar-refractivity contribution in [1.82, 2.24) is 10.3 Å². The van der Waals surface area contributed by atoms with Crippen LogP contribution in [0.4, 0.5) is 5.82 Å². The van der Waals surface area contributed by atoms with Crippen molar-refractivity contribution in [2.45, 2.75) is 30.9 Å². The van der Waals surface area contributed by atoms with E-state index in [-0.39, 0.29) is 0 Å². The summed E-state index contributed by atoms with van der Waals surface area (Å²) in [6, 6.07) is 6.61. The Bertz CT molecular complexity index is 414. The van der Waals surface area contributed by atoms with Gasteiger partial charge in [0.2, 0.25) is 0 Å². The highest BCUT2D eigenvalue weighted by molar-refractivity contribution is 7.99. The second-order valence-corrected chi connectivity index (χ2v) is 6.96. The Morgan fingerprint density at radius 2 is 2.25 bits per heavy atom. The Balaban J connectivity index is 1.44. The van der Waals surface area contributed by atoms with Gasteiger partial charge in [-0.05, 0) is 37.1 Å². The first kappa shape index (κ1) is 14.2. The van der Waals surface area contributed by atoms with Gasteiger partial charge in [-0.3, -0.25) is 0 Å². The molecule has 0 aliphatic carbocycles. The van der Waals surface area contributed by atoms with Crippen molar-refractivity contribution in [2.24, 2.45) is 0 Å². The van der Waals surface area contributed by atoms with E-state index in [0.29, 0.717) is 6.04 Å². The molecular formula is C15H23N3OS. The van der Waals surface area contributed by atoms with E-state index in [1.54, 1.807) is 0 Å². The summed E-state index contributed by atoms with van der Waals surface area (Å²) >= 11 is 1.86. The lowest BCUT2D eigenvalue weighted by Gasteiger charge is -2.34. The van der Waals surface area contributed by atoms with Crippen LogP contribution in [0.3, 0.4) is 0 Å². The molecule has 1 unspecified atom stereocenters. The zero-order valence-electron chi connectivity index (χ0n) is 11.8. The summed E-state index contributed by atoms with van der Waals surface area (Å²) in [6.45, 7) is 2.83. The summed E-state index contributed by atoms with van der Waals surface area (Å²) in [6.07, 6.45) is 5.03. The Morgan fingerprint density at radius 3 is 2.90 bits per heavy atom. The van der Waals surface area contributed by atoms with Gasteiger partial charge in [0.25, 0.3) is 0 Å². The van der Waals surface area contributed by atoms with E-state index >= 15 is 0 Å². The molecule has 0 bridgehead atoms. The maximum atomic E-state index is 10.3. The van der Waals surface area contributed by atoms with E-state index in [2.05, 4.69) is 21.3 Å². The number of aromatic nitrogens is 1. The first-order chi connectivity index (χ1) is 9.75. The first-order valence-electron chi connectivity index (χ1n) is 7.45. The Morgan fingerprint density at radius 1 is 1.40 bits per heavy atom. The fourth-order valence-corrected chi connectivity index (χ4v) is 4.22. The van der Waals surface area contributed by atoms with Crippen LogP contribution < -0.4 is 10.2 Å². The van der Waals surface area contributed by atoms with Gasteiger partial charge in [0.05, 0.1) is 5.60 Å².